The summed E-state index contributed by atoms with van der Waals surface area (Å²) in [6.07, 6.45) is 15.3. The lowest BCUT2D eigenvalue weighted by molar-refractivity contribution is 0.185. The van der Waals surface area contributed by atoms with Gasteiger partial charge in [-0.1, -0.05) is 101 Å². The van der Waals surface area contributed by atoms with Crippen molar-refractivity contribution in [1.29, 1.82) is 0 Å². The first-order valence-electron chi connectivity index (χ1n) is 12.6. The number of aryl methyl sites for hydroxylation is 1. The molecule has 0 aromatic heterocycles. The summed E-state index contributed by atoms with van der Waals surface area (Å²) in [5, 5.41) is 0. The fourth-order valence-electron chi connectivity index (χ4n) is 6.07. The van der Waals surface area contributed by atoms with Crippen LogP contribution in [-0.2, 0) is 6.42 Å². The van der Waals surface area contributed by atoms with Gasteiger partial charge in [-0.15, -0.1) is 0 Å². The van der Waals surface area contributed by atoms with Crippen molar-refractivity contribution in [3.05, 3.63) is 41.7 Å². The molecule has 168 valence electrons. The van der Waals surface area contributed by atoms with Crippen LogP contribution >= 0.6 is 0 Å². The maximum Gasteiger partial charge on any atom is 0.158 e. The predicted octanol–water partition coefficient (Wildman–Crippen LogP) is 9.34. The van der Waals surface area contributed by atoms with Crippen molar-refractivity contribution in [2.75, 3.05) is 0 Å². The van der Waals surface area contributed by atoms with Gasteiger partial charge in [0.2, 0.25) is 0 Å². The van der Waals surface area contributed by atoms with Crippen molar-refractivity contribution in [1.82, 2.24) is 0 Å². The van der Waals surface area contributed by atoms with Gasteiger partial charge in [-0.05, 0) is 49.0 Å². The van der Waals surface area contributed by atoms with E-state index in [-0.39, 0.29) is 6.33 Å². The lowest BCUT2D eigenvalue weighted by atomic mass is 9.73. The zero-order valence-corrected chi connectivity index (χ0v) is 20.3. The van der Waals surface area contributed by atoms with Gasteiger partial charge in [0.1, 0.15) is 6.33 Å². The highest BCUT2D eigenvalue weighted by Gasteiger charge is 2.36. The molecule has 1 saturated carbocycles. The molecule has 0 N–H and O–H groups in total. The first-order chi connectivity index (χ1) is 14.5. The van der Waals surface area contributed by atoms with E-state index in [9.17, 15) is 8.78 Å². The molecule has 0 bridgehead atoms. The molecule has 0 nitrogen and oxygen atoms in total. The Labute approximate surface area is 184 Å². The molecule has 0 atom stereocenters. The van der Waals surface area contributed by atoms with Gasteiger partial charge in [-0.25, -0.2) is 8.78 Å². The van der Waals surface area contributed by atoms with Crippen molar-refractivity contribution in [2.24, 2.45) is 17.8 Å². The SMILES string of the molecule is CCCCC[Si]1(C)CCC(C2CCC(CCc3ccc(/C(F)=C/F)cc3)CC2)CC1. The molecule has 30 heavy (non-hydrogen) atoms. The van der Waals surface area contributed by atoms with E-state index in [2.05, 4.69) is 13.5 Å². The summed E-state index contributed by atoms with van der Waals surface area (Å²) in [5.74, 6) is 2.07. The molecule has 1 saturated heterocycles. The average molecular weight is 433 g/mol. The first kappa shape index (κ1) is 23.7. The zero-order valence-electron chi connectivity index (χ0n) is 19.3. The van der Waals surface area contributed by atoms with E-state index in [1.807, 2.05) is 12.1 Å². The molecule has 1 aliphatic heterocycles. The zero-order chi connectivity index (χ0) is 21.4. The smallest absolute Gasteiger partial charge is 0.158 e. The molecule has 0 spiro atoms. The minimum absolute atomic E-state index is 0.0366. The van der Waals surface area contributed by atoms with E-state index < -0.39 is 13.9 Å². The average Bonchev–Trinajstić information content (AvgIpc) is 2.78. The summed E-state index contributed by atoms with van der Waals surface area (Å²) in [4.78, 5) is 0. The van der Waals surface area contributed by atoms with Crippen LogP contribution in [0.3, 0.4) is 0 Å². The van der Waals surface area contributed by atoms with Crippen molar-refractivity contribution in [3.63, 3.8) is 0 Å². The lowest BCUT2D eigenvalue weighted by Crippen LogP contribution is -2.37. The molecule has 0 unspecified atom stereocenters. The van der Waals surface area contributed by atoms with Gasteiger partial charge >= 0.3 is 0 Å². The van der Waals surface area contributed by atoms with Gasteiger partial charge in [0, 0.05) is 5.56 Å². The highest BCUT2D eigenvalue weighted by atomic mass is 28.3. The van der Waals surface area contributed by atoms with E-state index in [0.717, 1.165) is 24.2 Å². The monoisotopic (exact) mass is 432 g/mol. The Morgan fingerprint density at radius 3 is 2.20 bits per heavy atom. The van der Waals surface area contributed by atoms with Gasteiger partial charge in [0.15, 0.2) is 5.83 Å². The van der Waals surface area contributed by atoms with Crippen LogP contribution in [0.15, 0.2) is 30.6 Å². The fourth-order valence-corrected chi connectivity index (χ4v) is 10.1. The topological polar surface area (TPSA) is 0 Å². The Hall–Kier alpha value is -0.963. The van der Waals surface area contributed by atoms with Gasteiger partial charge in [0.05, 0.1) is 8.07 Å². The third-order valence-corrected chi connectivity index (χ3v) is 12.9. The molecular weight excluding hydrogens is 390 g/mol. The molecule has 1 heterocycles. The Morgan fingerprint density at radius 1 is 0.967 bits per heavy atom. The first-order valence-corrected chi connectivity index (χ1v) is 15.7. The van der Waals surface area contributed by atoms with Gasteiger partial charge in [0.25, 0.3) is 0 Å². The number of benzene rings is 1. The molecule has 0 amide bonds. The van der Waals surface area contributed by atoms with Crippen LogP contribution in [0.4, 0.5) is 8.78 Å². The number of hydrogen-bond donors (Lipinski definition) is 0. The molecule has 2 aliphatic rings. The van der Waals surface area contributed by atoms with Gasteiger partial charge in [-0.3, -0.25) is 0 Å². The minimum Gasteiger partial charge on any atom is -0.212 e. The Kier molecular flexibility index (Phi) is 9.16. The quantitative estimate of drug-likeness (QED) is 0.269. The molecule has 2 fully saturated rings. The van der Waals surface area contributed by atoms with E-state index in [4.69, 9.17) is 0 Å². The highest BCUT2D eigenvalue weighted by molar-refractivity contribution is 6.78. The van der Waals surface area contributed by atoms with Crippen LogP contribution < -0.4 is 0 Å². The molecule has 1 aliphatic carbocycles. The van der Waals surface area contributed by atoms with Crippen molar-refractivity contribution >= 4 is 13.9 Å². The number of rotatable bonds is 9. The summed E-state index contributed by atoms with van der Waals surface area (Å²) < 4.78 is 25.6. The number of unbranched alkanes of at least 4 members (excludes halogenated alkanes) is 2. The van der Waals surface area contributed by atoms with Gasteiger partial charge in [-0.2, -0.15) is 0 Å². The second-order valence-corrected chi connectivity index (χ2v) is 15.7. The lowest BCUT2D eigenvalue weighted by Gasteiger charge is -2.41. The summed E-state index contributed by atoms with van der Waals surface area (Å²) >= 11 is 0. The number of hydrogen-bond acceptors (Lipinski definition) is 0. The Morgan fingerprint density at radius 2 is 1.60 bits per heavy atom. The second-order valence-electron chi connectivity index (χ2n) is 10.6. The van der Waals surface area contributed by atoms with Crippen LogP contribution in [0.25, 0.3) is 5.83 Å². The molecule has 1 aromatic rings. The van der Waals surface area contributed by atoms with Crippen molar-refractivity contribution < 1.29 is 8.78 Å². The summed E-state index contributed by atoms with van der Waals surface area (Å²) in [6.45, 7) is 5.01. The third-order valence-electron chi connectivity index (χ3n) is 8.35. The molecular formula is C27H42F2Si. The van der Waals surface area contributed by atoms with E-state index in [0.29, 0.717) is 5.56 Å². The van der Waals surface area contributed by atoms with Crippen molar-refractivity contribution in [2.45, 2.75) is 102 Å². The van der Waals surface area contributed by atoms with Crippen LogP contribution in [0, 0.1) is 17.8 Å². The van der Waals surface area contributed by atoms with E-state index in [1.165, 1.54) is 69.8 Å². The Bertz CT molecular complexity index is 650. The normalized spacial score (nSPS) is 30.4. The fraction of sp³-hybridized carbons (Fsp3) is 0.704. The second kappa shape index (κ2) is 11.6. The third kappa shape index (κ3) is 6.77. The van der Waals surface area contributed by atoms with Crippen LogP contribution in [-0.4, -0.2) is 8.07 Å². The minimum atomic E-state index is -0.904. The highest BCUT2D eigenvalue weighted by Crippen LogP contribution is 2.44. The maximum atomic E-state index is 13.3. The van der Waals surface area contributed by atoms with Crippen LogP contribution in [0.5, 0.6) is 0 Å². The standard InChI is InChI=1S/C27H42F2Si/c1-3-4-5-18-30(2)19-16-25(17-20-30)24-12-8-22(9-13-24)6-7-23-10-14-26(15-11-23)27(29)21-28/h10-11,14-15,21-22,24-25H,3-9,12-13,16-20H2,1-2H3/b27-21-. The largest absolute Gasteiger partial charge is 0.212 e. The van der Waals surface area contributed by atoms with Crippen LogP contribution in [0.1, 0.15) is 82.3 Å². The van der Waals surface area contributed by atoms with Gasteiger partial charge < -0.3 is 0 Å². The predicted molar refractivity (Wildman–Crippen MR) is 129 cm³/mol. The number of halogens is 2. The van der Waals surface area contributed by atoms with Crippen LogP contribution in [0.2, 0.25) is 24.7 Å². The summed E-state index contributed by atoms with van der Waals surface area (Å²) in [5.41, 5.74) is 1.57. The van der Waals surface area contributed by atoms with E-state index in [1.54, 1.807) is 30.3 Å². The summed E-state index contributed by atoms with van der Waals surface area (Å²) in [6, 6.07) is 12.1. The molecule has 1 aromatic carbocycles. The van der Waals surface area contributed by atoms with Crippen molar-refractivity contribution in [3.8, 4) is 0 Å². The maximum absolute atomic E-state index is 13.3. The molecule has 3 rings (SSSR count). The molecule has 0 radical (unpaired) electrons. The summed E-state index contributed by atoms with van der Waals surface area (Å²) in [7, 11) is -0.904. The Balaban J connectivity index is 1.36. The molecule has 3 heteroatoms. The van der Waals surface area contributed by atoms with E-state index >= 15 is 0 Å².